The van der Waals surface area contributed by atoms with Gasteiger partial charge in [-0.1, -0.05) is 56.4 Å². The number of anilines is 1. The lowest BCUT2D eigenvalue weighted by Crippen LogP contribution is -2.32. The molecule has 5 nitrogen and oxygen atoms in total. The SMILES string of the molecule is CN(C)c1ccc(/C(C#N)=C\c2ccc(OCCCCCCCCCC[n+]3ccc(-c4cc[n+](C)cc4)cc3)cc2)cc1. The maximum Gasteiger partial charge on any atom is 0.169 e. The Kier molecular flexibility index (Phi) is 12.4. The molecule has 0 bridgehead atoms. The monoisotopic (exact) mass is 574 g/mol. The van der Waals surface area contributed by atoms with Crippen LogP contribution in [0.25, 0.3) is 22.8 Å². The molecule has 2 aromatic carbocycles. The predicted octanol–water partition coefficient (Wildman–Crippen LogP) is 7.80. The second kappa shape index (κ2) is 16.9. The molecule has 0 saturated heterocycles. The summed E-state index contributed by atoms with van der Waals surface area (Å²) in [5, 5.41) is 9.66. The van der Waals surface area contributed by atoms with Crippen molar-refractivity contribution in [2.24, 2.45) is 7.05 Å². The summed E-state index contributed by atoms with van der Waals surface area (Å²) in [4.78, 5) is 2.05. The van der Waals surface area contributed by atoms with Crippen LogP contribution in [0, 0.1) is 11.3 Å². The zero-order valence-corrected chi connectivity index (χ0v) is 26.1. The molecular formula is C38H46N4O+2. The second-order valence-corrected chi connectivity index (χ2v) is 11.4. The van der Waals surface area contributed by atoms with Gasteiger partial charge in [0.2, 0.25) is 0 Å². The van der Waals surface area contributed by atoms with Crippen molar-refractivity contribution < 1.29 is 13.9 Å². The first-order valence-electron chi connectivity index (χ1n) is 15.6. The van der Waals surface area contributed by atoms with Gasteiger partial charge in [-0.05, 0) is 65.4 Å². The zero-order valence-electron chi connectivity index (χ0n) is 26.1. The van der Waals surface area contributed by atoms with Gasteiger partial charge in [-0.3, -0.25) is 0 Å². The van der Waals surface area contributed by atoms with E-state index in [1.165, 1.54) is 56.1 Å². The number of nitriles is 1. The normalized spacial score (nSPS) is 11.3. The van der Waals surface area contributed by atoms with Crippen molar-refractivity contribution in [1.29, 1.82) is 5.26 Å². The molecule has 222 valence electrons. The number of unbranched alkanes of at least 4 members (excludes halogenated alkanes) is 7. The molecule has 0 N–H and O–H groups in total. The van der Waals surface area contributed by atoms with E-state index in [2.05, 4.69) is 64.3 Å². The number of aromatic nitrogens is 2. The summed E-state index contributed by atoms with van der Waals surface area (Å²) in [6, 6.07) is 27.1. The van der Waals surface area contributed by atoms with Gasteiger partial charge in [0.05, 0.1) is 18.2 Å². The summed E-state index contributed by atoms with van der Waals surface area (Å²) < 4.78 is 10.3. The first-order chi connectivity index (χ1) is 21.0. The molecule has 43 heavy (non-hydrogen) atoms. The molecule has 0 aliphatic carbocycles. The van der Waals surface area contributed by atoms with Crippen LogP contribution in [0.3, 0.4) is 0 Å². The molecular weight excluding hydrogens is 528 g/mol. The maximum absolute atomic E-state index is 9.66. The van der Waals surface area contributed by atoms with Gasteiger partial charge in [-0.15, -0.1) is 0 Å². The fraction of sp³-hybridized carbons (Fsp3) is 0.342. The van der Waals surface area contributed by atoms with E-state index < -0.39 is 0 Å². The number of rotatable bonds is 16. The zero-order chi connectivity index (χ0) is 30.3. The van der Waals surface area contributed by atoms with Gasteiger partial charge in [0, 0.05) is 50.5 Å². The maximum atomic E-state index is 9.66. The van der Waals surface area contributed by atoms with Gasteiger partial charge >= 0.3 is 0 Å². The van der Waals surface area contributed by atoms with Crippen LogP contribution < -0.4 is 18.8 Å². The van der Waals surface area contributed by atoms with Crippen molar-refractivity contribution in [3.63, 3.8) is 0 Å². The highest BCUT2D eigenvalue weighted by atomic mass is 16.5. The van der Waals surface area contributed by atoms with Crippen LogP contribution in [0.2, 0.25) is 0 Å². The van der Waals surface area contributed by atoms with Gasteiger partial charge in [-0.25, -0.2) is 9.13 Å². The minimum Gasteiger partial charge on any atom is -0.494 e. The van der Waals surface area contributed by atoms with E-state index >= 15 is 0 Å². The molecule has 0 saturated carbocycles. The molecule has 0 atom stereocenters. The molecule has 0 fully saturated rings. The van der Waals surface area contributed by atoms with Gasteiger partial charge in [0.25, 0.3) is 0 Å². The number of nitrogens with zero attached hydrogens (tertiary/aromatic N) is 4. The summed E-state index contributed by atoms with van der Waals surface area (Å²) in [7, 11) is 6.06. The molecule has 0 unspecified atom stereocenters. The minimum absolute atomic E-state index is 0.654. The molecule has 0 radical (unpaired) electrons. The lowest BCUT2D eigenvalue weighted by atomic mass is 10.0. The Labute approximate surface area is 258 Å². The van der Waals surface area contributed by atoms with E-state index in [1.807, 2.05) is 80.6 Å². The second-order valence-electron chi connectivity index (χ2n) is 11.4. The Morgan fingerprint density at radius 1 is 0.721 bits per heavy atom. The molecule has 4 aromatic rings. The van der Waals surface area contributed by atoms with Gasteiger partial charge in [0.1, 0.15) is 19.3 Å². The fourth-order valence-corrected chi connectivity index (χ4v) is 5.09. The Balaban J connectivity index is 1.04. The van der Waals surface area contributed by atoms with Crippen LogP contribution >= 0.6 is 0 Å². The van der Waals surface area contributed by atoms with Crippen LogP contribution in [0.15, 0.2) is 97.6 Å². The lowest BCUT2D eigenvalue weighted by molar-refractivity contribution is -0.697. The third kappa shape index (κ3) is 10.4. The topological polar surface area (TPSA) is 44.0 Å². The predicted molar refractivity (Wildman–Crippen MR) is 176 cm³/mol. The van der Waals surface area contributed by atoms with Crippen molar-refractivity contribution in [1.82, 2.24) is 0 Å². The smallest absolute Gasteiger partial charge is 0.169 e. The van der Waals surface area contributed by atoms with Gasteiger partial charge < -0.3 is 9.64 Å². The summed E-state index contributed by atoms with van der Waals surface area (Å²) in [5.74, 6) is 0.882. The highest BCUT2D eigenvalue weighted by molar-refractivity contribution is 5.89. The van der Waals surface area contributed by atoms with Crippen molar-refractivity contribution in [3.05, 3.63) is 109 Å². The van der Waals surface area contributed by atoms with Crippen molar-refractivity contribution in [2.75, 3.05) is 25.6 Å². The molecule has 0 aliphatic rings. The Morgan fingerprint density at radius 2 is 1.28 bits per heavy atom. The van der Waals surface area contributed by atoms with Crippen LogP contribution in [0.4, 0.5) is 5.69 Å². The Hall–Kier alpha value is -4.43. The standard InChI is InChI=1S/C38H46N4O/c1-40(2)37-16-14-33(15-17-37)36(31-39)30-32-12-18-38(19-13-32)43-29-11-9-7-5-4-6-8-10-24-42-27-22-35(23-28-42)34-20-25-41(3)26-21-34/h12-23,25-28,30H,4-11,24,29H2,1-3H3/q+2/b36-30-. The van der Waals surface area contributed by atoms with Crippen molar-refractivity contribution in [2.45, 2.75) is 57.9 Å². The molecule has 5 heteroatoms. The number of aryl methyl sites for hydroxylation is 2. The molecule has 0 spiro atoms. The average molecular weight is 575 g/mol. The highest BCUT2D eigenvalue weighted by Crippen LogP contribution is 2.22. The third-order valence-corrected chi connectivity index (χ3v) is 7.79. The molecule has 4 rings (SSSR count). The third-order valence-electron chi connectivity index (χ3n) is 7.79. The van der Waals surface area contributed by atoms with Gasteiger partial charge in [0.15, 0.2) is 24.8 Å². The van der Waals surface area contributed by atoms with E-state index in [1.54, 1.807) is 0 Å². The van der Waals surface area contributed by atoms with Crippen LogP contribution in [0.5, 0.6) is 5.75 Å². The van der Waals surface area contributed by atoms with Crippen LogP contribution in [0.1, 0.15) is 62.5 Å². The van der Waals surface area contributed by atoms with E-state index in [9.17, 15) is 5.26 Å². The van der Waals surface area contributed by atoms with E-state index in [0.29, 0.717) is 5.57 Å². The van der Waals surface area contributed by atoms with Crippen molar-refractivity contribution >= 4 is 17.3 Å². The summed E-state index contributed by atoms with van der Waals surface area (Å²) in [6.07, 6.45) is 20.5. The number of pyridine rings is 2. The minimum atomic E-state index is 0.654. The average Bonchev–Trinajstić information content (AvgIpc) is 3.04. The first-order valence-corrected chi connectivity index (χ1v) is 15.6. The molecule has 0 amide bonds. The van der Waals surface area contributed by atoms with E-state index in [0.717, 1.165) is 42.1 Å². The Bertz CT molecular complexity index is 1450. The summed E-state index contributed by atoms with van der Waals surface area (Å²) >= 11 is 0. The molecule has 2 aromatic heterocycles. The van der Waals surface area contributed by atoms with Crippen LogP contribution in [-0.4, -0.2) is 20.7 Å². The quantitative estimate of drug-likeness (QED) is 0.0594. The number of hydrogen-bond acceptors (Lipinski definition) is 3. The molecule has 0 aliphatic heterocycles. The van der Waals surface area contributed by atoms with E-state index in [4.69, 9.17) is 4.74 Å². The fourth-order valence-electron chi connectivity index (χ4n) is 5.09. The summed E-state index contributed by atoms with van der Waals surface area (Å²) in [6.45, 7) is 1.83. The highest BCUT2D eigenvalue weighted by Gasteiger charge is 2.05. The number of hydrogen-bond donors (Lipinski definition) is 0. The lowest BCUT2D eigenvalue weighted by Gasteiger charge is -2.12. The number of allylic oxidation sites excluding steroid dienone is 1. The first kappa shape index (κ1) is 31.5. The largest absolute Gasteiger partial charge is 0.494 e. The number of ether oxygens (including phenoxy) is 1. The molecule has 2 heterocycles. The Morgan fingerprint density at radius 3 is 1.86 bits per heavy atom. The van der Waals surface area contributed by atoms with Crippen LogP contribution in [-0.2, 0) is 13.6 Å². The van der Waals surface area contributed by atoms with Crippen molar-refractivity contribution in [3.8, 4) is 22.9 Å². The summed E-state index contributed by atoms with van der Waals surface area (Å²) in [5.41, 5.74) is 6.21. The number of benzene rings is 2. The van der Waals surface area contributed by atoms with E-state index in [-0.39, 0.29) is 0 Å². The van der Waals surface area contributed by atoms with Gasteiger partial charge in [-0.2, -0.15) is 5.26 Å².